The van der Waals surface area contributed by atoms with Crippen LogP contribution in [0.25, 0.3) is 10.6 Å². The van der Waals surface area contributed by atoms with Crippen LogP contribution in [0.2, 0.25) is 0 Å². The van der Waals surface area contributed by atoms with E-state index in [0.717, 1.165) is 17.2 Å². The molecule has 2 rings (SSSR count). The van der Waals surface area contributed by atoms with Crippen molar-refractivity contribution in [2.24, 2.45) is 0 Å². The number of nitrogens with one attached hydrogen (secondary N) is 1. The van der Waals surface area contributed by atoms with Crippen LogP contribution in [0, 0.1) is 0 Å². The normalized spacial score (nSPS) is 12.5. The van der Waals surface area contributed by atoms with Crippen molar-refractivity contribution in [3.05, 3.63) is 41.4 Å². The van der Waals surface area contributed by atoms with Gasteiger partial charge in [-0.25, -0.2) is 4.98 Å². The number of hydrogen-bond donors (Lipinski definition) is 1. The second-order valence-corrected chi connectivity index (χ2v) is 6.15. The van der Waals surface area contributed by atoms with E-state index in [1.165, 1.54) is 31.2 Å². The van der Waals surface area contributed by atoms with Gasteiger partial charge < -0.3 is 5.32 Å². The van der Waals surface area contributed by atoms with Crippen molar-refractivity contribution >= 4 is 11.3 Å². The molecule has 1 aromatic carbocycles. The van der Waals surface area contributed by atoms with Crippen molar-refractivity contribution in [2.45, 2.75) is 52.1 Å². The predicted octanol–water partition coefficient (Wildman–Crippen LogP) is 4.87. The van der Waals surface area contributed by atoms with Crippen LogP contribution in [0.3, 0.4) is 0 Å². The second kappa shape index (κ2) is 8.18. The summed E-state index contributed by atoms with van der Waals surface area (Å²) in [5.74, 6) is 0. The quantitative estimate of drug-likeness (QED) is 0.701. The van der Waals surface area contributed by atoms with Gasteiger partial charge in [-0.3, -0.25) is 0 Å². The Morgan fingerprint density at radius 3 is 2.75 bits per heavy atom. The van der Waals surface area contributed by atoms with E-state index in [0.29, 0.717) is 6.04 Å². The molecule has 1 heterocycles. The van der Waals surface area contributed by atoms with Crippen molar-refractivity contribution in [1.29, 1.82) is 0 Å². The molecule has 1 aromatic heterocycles. The van der Waals surface area contributed by atoms with Gasteiger partial charge in [0.1, 0.15) is 5.01 Å². The van der Waals surface area contributed by atoms with Gasteiger partial charge in [0.25, 0.3) is 0 Å². The average Bonchev–Trinajstić information content (AvgIpc) is 2.95. The maximum atomic E-state index is 4.70. The van der Waals surface area contributed by atoms with Crippen molar-refractivity contribution < 1.29 is 0 Å². The molecule has 0 amide bonds. The van der Waals surface area contributed by atoms with Crippen LogP contribution < -0.4 is 5.32 Å². The Balaban J connectivity index is 1.81. The zero-order valence-corrected chi connectivity index (χ0v) is 13.2. The van der Waals surface area contributed by atoms with Crippen LogP contribution in [0.5, 0.6) is 0 Å². The maximum Gasteiger partial charge on any atom is 0.123 e. The third kappa shape index (κ3) is 4.73. The number of thiazole rings is 1. The van der Waals surface area contributed by atoms with Crippen LogP contribution in [-0.2, 0) is 6.54 Å². The van der Waals surface area contributed by atoms with Gasteiger partial charge in [0.2, 0.25) is 0 Å². The van der Waals surface area contributed by atoms with Gasteiger partial charge in [-0.1, -0.05) is 56.5 Å². The topological polar surface area (TPSA) is 24.9 Å². The van der Waals surface area contributed by atoms with E-state index in [2.05, 4.69) is 48.8 Å². The molecular weight excluding hydrogens is 264 g/mol. The highest BCUT2D eigenvalue weighted by atomic mass is 32.1. The highest BCUT2D eigenvalue weighted by molar-refractivity contribution is 7.13. The molecule has 0 saturated heterocycles. The summed E-state index contributed by atoms with van der Waals surface area (Å²) in [7, 11) is 0. The van der Waals surface area contributed by atoms with Crippen LogP contribution in [0.15, 0.2) is 35.7 Å². The lowest BCUT2D eigenvalue weighted by Crippen LogP contribution is -2.25. The largest absolute Gasteiger partial charge is 0.309 e. The molecule has 0 aliphatic carbocycles. The zero-order chi connectivity index (χ0) is 14.2. The van der Waals surface area contributed by atoms with E-state index in [4.69, 9.17) is 4.98 Å². The highest BCUT2D eigenvalue weighted by Gasteiger charge is 2.06. The first-order valence-electron chi connectivity index (χ1n) is 7.52. The van der Waals surface area contributed by atoms with Crippen molar-refractivity contribution in [1.82, 2.24) is 10.3 Å². The molecule has 2 aromatic rings. The summed E-state index contributed by atoms with van der Waals surface area (Å²) < 4.78 is 0. The third-order valence-corrected chi connectivity index (χ3v) is 4.38. The Kier molecular flexibility index (Phi) is 6.22. The number of hydrogen-bond acceptors (Lipinski definition) is 3. The molecule has 0 saturated carbocycles. The highest BCUT2D eigenvalue weighted by Crippen LogP contribution is 2.23. The van der Waals surface area contributed by atoms with E-state index >= 15 is 0 Å². The molecule has 0 radical (unpaired) electrons. The van der Waals surface area contributed by atoms with E-state index in [9.17, 15) is 0 Å². The Hall–Kier alpha value is -1.19. The summed E-state index contributed by atoms with van der Waals surface area (Å²) in [6, 6.07) is 11.0. The summed E-state index contributed by atoms with van der Waals surface area (Å²) in [5.41, 5.74) is 2.36. The Morgan fingerprint density at radius 1 is 1.20 bits per heavy atom. The lowest BCUT2D eigenvalue weighted by molar-refractivity contribution is 0.485. The van der Waals surface area contributed by atoms with E-state index in [-0.39, 0.29) is 0 Å². The van der Waals surface area contributed by atoms with Gasteiger partial charge in [-0.05, 0) is 13.3 Å². The second-order valence-electron chi connectivity index (χ2n) is 5.29. The van der Waals surface area contributed by atoms with Gasteiger partial charge in [-0.2, -0.15) is 0 Å². The van der Waals surface area contributed by atoms with Crippen LogP contribution in [0.4, 0.5) is 0 Å². The number of benzene rings is 1. The molecule has 1 N–H and O–H groups in total. The molecule has 20 heavy (non-hydrogen) atoms. The fraction of sp³-hybridized carbons (Fsp3) is 0.471. The Labute approximate surface area is 126 Å². The first-order valence-corrected chi connectivity index (χ1v) is 8.40. The first-order chi connectivity index (χ1) is 9.79. The maximum absolute atomic E-state index is 4.70. The van der Waals surface area contributed by atoms with Crippen molar-refractivity contribution in [2.75, 3.05) is 0 Å². The average molecular weight is 288 g/mol. The molecule has 1 atom stereocenters. The molecule has 0 bridgehead atoms. The minimum Gasteiger partial charge on any atom is -0.309 e. The molecule has 3 heteroatoms. The third-order valence-electron chi connectivity index (χ3n) is 3.44. The Bertz CT molecular complexity index is 493. The summed E-state index contributed by atoms with van der Waals surface area (Å²) in [6.45, 7) is 5.38. The first kappa shape index (κ1) is 15.2. The monoisotopic (exact) mass is 288 g/mol. The fourth-order valence-electron chi connectivity index (χ4n) is 2.18. The van der Waals surface area contributed by atoms with Gasteiger partial charge in [0.05, 0.1) is 5.69 Å². The molecule has 1 unspecified atom stereocenters. The standard InChI is InChI=1S/C17H24N2S/c1-3-4-6-9-14(2)18-12-16-13-20-17(19-16)15-10-7-5-8-11-15/h5,7-8,10-11,13-14,18H,3-4,6,9,12H2,1-2H3. The molecule has 0 spiro atoms. The van der Waals surface area contributed by atoms with Gasteiger partial charge in [0, 0.05) is 23.5 Å². The smallest absolute Gasteiger partial charge is 0.123 e. The number of rotatable bonds is 8. The minimum atomic E-state index is 0.573. The Morgan fingerprint density at radius 2 is 2.00 bits per heavy atom. The molecule has 0 aliphatic heterocycles. The lowest BCUT2D eigenvalue weighted by Gasteiger charge is -2.12. The fourth-order valence-corrected chi connectivity index (χ4v) is 3.01. The zero-order valence-electron chi connectivity index (χ0n) is 12.4. The minimum absolute atomic E-state index is 0.573. The number of aromatic nitrogens is 1. The van der Waals surface area contributed by atoms with E-state index in [1.54, 1.807) is 11.3 Å². The summed E-state index contributed by atoms with van der Waals surface area (Å²) in [5, 5.41) is 6.84. The van der Waals surface area contributed by atoms with E-state index < -0.39 is 0 Å². The summed E-state index contributed by atoms with van der Waals surface area (Å²) in [4.78, 5) is 4.70. The SMILES string of the molecule is CCCCCC(C)NCc1csc(-c2ccccc2)n1. The molecular formula is C17H24N2S. The van der Waals surface area contributed by atoms with E-state index in [1.807, 2.05) is 6.07 Å². The summed E-state index contributed by atoms with van der Waals surface area (Å²) >= 11 is 1.72. The van der Waals surface area contributed by atoms with Gasteiger partial charge in [0.15, 0.2) is 0 Å². The number of unbranched alkanes of at least 4 members (excludes halogenated alkanes) is 2. The van der Waals surface area contributed by atoms with Crippen molar-refractivity contribution in [3.63, 3.8) is 0 Å². The molecule has 0 fully saturated rings. The van der Waals surface area contributed by atoms with Gasteiger partial charge in [-0.15, -0.1) is 11.3 Å². The van der Waals surface area contributed by atoms with Crippen LogP contribution in [0.1, 0.15) is 45.2 Å². The molecule has 2 nitrogen and oxygen atoms in total. The predicted molar refractivity (Wildman–Crippen MR) is 88.0 cm³/mol. The van der Waals surface area contributed by atoms with Crippen molar-refractivity contribution in [3.8, 4) is 10.6 Å². The lowest BCUT2D eigenvalue weighted by atomic mass is 10.1. The van der Waals surface area contributed by atoms with Gasteiger partial charge >= 0.3 is 0 Å². The van der Waals surface area contributed by atoms with Crippen LogP contribution >= 0.6 is 11.3 Å². The summed E-state index contributed by atoms with van der Waals surface area (Å²) in [6.07, 6.45) is 5.20. The molecule has 108 valence electrons. The number of nitrogens with zero attached hydrogens (tertiary/aromatic N) is 1. The molecule has 0 aliphatic rings. The van der Waals surface area contributed by atoms with Crippen LogP contribution in [-0.4, -0.2) is 11.0 Å².